The van der Waals surface area contributed by atoms with Gasteiger partial charge in [0.1, 0.15) is 5.52 Å². The Labute approximate surface area is 101 Å². The zero-order valence-electron chi connectivity index (χ0n) is 10.4. The van der Waals surface area contributed by atoms with Gasteiger partial charge in [0.25, 0.3) is 0 Å². The van der Waals surface area contributed by atoms with E-state index in [1.54, 1.807) is 0 Å². The first-order valence-electron chi connectivity index (χ1n) is 5.95. The van der Waals surface area contributed by atoms with E-state index in [0.717, 1.165) is 36.3 Å². The van der Waals surface area contributed by atoms with Crippen molar-refractivity contribution in [2.45, 2.75) is 13.3 Å². The van der Waals surface area contributed by atoms with E-state index < -0.39 is 0 Å². The summed E-state index contributed by atoms with van der Waals surface area (Å²) < 4.78 is 5.30. The number of fused-ring (bicyclic) bond motifs is 1. The molecular formula is C13H19N3O. The standard InChI is InChI=1S/C13H19N3O/c1-10(5-6-14)8-16(2)11-3-4-12-13(7-11)17-9-15-12/h3-4,7,9-10H,5-6,8,14H2,1-2H3. The van der Waals surface area contributed by atoms with Crippen LogP contribution in [-0.2, 0) is 0 Å². The van der Waals surface area contributed by atoms with Gasteiger partial charge in [-0.25, -0.2) is 4.98 Å². The van der Waals surface area contributed by atoms with Crippen LogP contribution < -0.4 is 10.6 Å². The van der Waals surface area contributed by atoms with Crippen LogP contribution in [0.2, 0.25) is 0 Å². The molecule has 92 valence electrons. The van der Waals surface area contributed by atoms with Crippen LogP contribution in [-0.4, -0.2) is 25.1 Å². The predicted molar refractivity (Wildman–Crippen MR) is 70.1 cm³/mol. The number of hydrogen-bond donors (Lipinski definition) is 1. The van der Waals surface area contributed by atoms with E-state index in [0.29, 0.717) is 5.92 Å². The first-order valence-corrected chi connectivity index (χ1v) is 5.95. The van der Waals surface area contributed by atoms with Crippen LogP contribution in [0.1, 0.15) is 13.3 Å². The van der Waals surface area contributed by atoms with Crippen LogP contribution >= 0.6 is 0 Å². The third-order valence-corrected chi connectivity index (χ3v) is 3.00. The summed E-state index contributed by atoms with van der Waals surface area (Å²) in [6, 6.07) is 6.08. The molecule has 0 fully saturated rings. The molecule has 0 amide bonds. The zero-order chi connectivity index (χ0) is 12.3. The summed E-state index contributed by atoms with van der Waals surface area (Å²) in [4.78, 5) is 6.33. The molecule has 0 radical (unpaired) electrons. The summed E-state index contributed by atoms with van der Waals surface area (Å²) in [6.45, 7) is 3.96. The fraction of sp³-hybridized carbons (Fsp3) is 0.462. The molecule has 4 heteroatoms. The topological polar surface area (TPSA) is 55.3 Å². The van der Waals surface area contributed by atoms with E-state index in [4.69, 9.17) is 10.2 Å². The molecule has 1 atom stereocenters. The monoisotopic (exact) mass is 233 g/mol. The molecule has 1 aromatic carbocycles. The van der Waals surface area contributed by atoms with Crippen LogP contribution in [0, 0.1) is 5.92 Å². The van der Waals surface area contributed by atoms with Crippen molar-refractivity contribution in [2.24, 2.45) is 11.7 Å². The number of rotatable bonds is 5. The van der Waals surface area contributed by atoms with Gasteiger partial charge in [-0.3, -0.25) is 0 Å². The number of anilines is 1. The van der Waals surface area contributed by atoms with E-state index >= 15 is 0 Å². The van der Waals surface area contributed by atoms with E-state index in [-0.39, 0.29) is 0 Å². The van der Waals surface area contributed by atoms with Gasteiger partial charge in [-0.15, -0.1) is 0 Å². The van der Waals surface area contributed by atoms with E-state index in [2.05, 4.69) is 29.9 Å². The maximum absolute atomic E-state index is 5.56. The number of aromatic nitrogens is 1. The first-order chi connectivity index (χ1) is 8.20. The second-order valence-corrected chi connectivity index (χ2v) is 4.57. The van der Waals surface area contributed by atoms with Gasteiger partial charge in [0.15, 0.2) is 12.0 Å². The van der Waals surface area contributed by atoms with Crippen molar-refractivity contribution in [3.8, 4) is 0 Å². The normalized spacial score (nSPS) is 12.9. The van der Waals surface area contributed by atoms with E-state index in [1.807, 2.05) is 12.1 Å². The van der Waals surface area contributed by atoms with Gasteiger partial charge in [-0.05, 0) is 31.0 Å². The lowest BCUT2D eigenvalue weighted by Gasteiger charge is -2.23. The Hall–Kier alpha value is -1.55. The highest BCUT2D eigenvalue weighted by molar-refractivity contribution is 5.76. The Balaban J connectivity index is 2.09. The fourth-order valence-corrected chi connectivity index (χ4v) is 2.03. The molecule has 2 aromatic rings. The van der Waals surface area contributed by atoms with Crippen molar-refractivity contribution in [1.29, 1.82) is 0 Å². The van der Waals surface area contributed by atoms with Crippen LogP contribution in [0.5, 0.6) is 0 Å². The van der Waals surface area contributed by atoms with Crippen LogP contribution in [0.4, 0.5) is 5.69 Å². The Bertz CT molecular complexity index is 480. The van der Waals surface area contributed by atoms with E-state index in [1.165, 1.54) is 6.39 Å². The largest absolute Gasteiger partial charge is 0.443 e. The number of nitrogens with two attached hydrogens (primary N) is 1. The predicted octanol–water partition coefficient (Wildman–Crippen LogP) is 2.25. The molecule has 1 heterocycles. The molecule has 0 aliphatic heterocycles. The van der Waals surface area contributed by atoms with Gasteiger partial charge in [-0.1, -0.05) is 6.92 Å². The molecule has 4 nitrogen and oxygen atoms in total. The van der Waals surface area contributed by atoms with Crippen LogP contribution in [0.3, 0.4) is 0 Å². The molecule has 0 aliphatic carbocycles. The molecule has 0 saturated carbocycles. The smallest absolute Gasteiger partial charge is 0.181 e. The average Bonchev–Trinajstić information content (AvgIpc) is 2.75. The maximum atomic E-state index is 5.56. The number of benzene rings is 1. The van der Waals surface area contributed by atoms with Gasteiger partial charge in [0.05, 0.1) is 0 Å². The summed E-state index contributed by atoms with van der Waals surface area (Å²) >= 11 is 0. The highest BCUT2D eigenvalue weighted by Crippen LogP contribution is 2.21. The zero-order valence-corrected chi connectivity index (χ0v) is 10.4. The molecule has 1 aromatic heterocycles. The first kappa shape index (κ1) is 11.9. The molecule has 1 unspecified atom stereocenters. The molecule has 0 bridgehead atoms. The van der Waals surface area contributed by atoms with Crippen LogP contribution in [0.25, 0.3) is 11.1 Å². The van der Waals surface area contributed by atoms with Crippen LogP contribution in [0.15, 0.2) is 29.0 Å². The summed E-state index contributed by atoms with van der Waals surface area (Å²) in [7, 11) is 2.09. The summed E-state index contributed by atoms with van der Waals surface area (Å²) in [5.74, 6) is 0.593. The van der Waals surface area contributed by atoms with Crippen molar-refractivity contribution in [1.82, 2.24) is 4.98 Å². The van der Waals surface area contributed by atoms with Crippen molar-refractivity contribution in [3.63, 3.8) is 0 Å². The Morgan fingerprint density at radius 2 is 2.29 bits per heavy atom. The van der Waals surface area contributed by atoms with Gasteiger partial charge < -0.3 is 15.1 Å². The number of hydrogen-bond acceptors (Lipinski definition) is 4. The summed E-state index contributed by atoms with van der Waals surface area (Å²) in [5.41, 5.74) is 8.45. The van der Waals surface area contributed by atoms with Gasteiger partial charge >= 0.3 is 0 Å². The molecule has 2 rings (SSSR count). The minimum atomic E-state index is 0.593. The third kappa shape index (κ3) is 2.77. The molecule has 0 saturated heterocycles. The Morgan fingerprint density at radius 3 is 3.06 bits per heavy atom. The minimum Gasteiger partial charge on any atom is -0.443 e. The second-order valence-electron chi connectivity index (χ2n) is 4.57. The van der Waals surface area contributed by atoms with Gasteiger partial charge in [0.2, 0.25) is 0 Å². The molecule has 17 heavy (non-hydrogen) atoms. The third-order valence-electron chi connectivity index (χ3n) is 3.00. The highest BCUT2D eigenvalue weighted by Gasteiger charge is 2.08. The van der Waals surface area contributed by atoms with Crippen molar-refractivity contribution in [3.05, 3.63) is 24.6 Å². The number of nitrogens with zero attached hydrogens (tertiary/aromatic N) is 2. The van der Waals surface area contributed by atoms with Crippen molar-refractivity contribution in [2.75, 3.05) is 25.0 Å². The van der Waals surface area contributed by atoms with Crippen molar-refractivity contribution < 1.29 is 4.42 Å². The SMILES string of the molecule is CC(CCN)CN(C)c1ccc2ncoc2c1. The van der Waals surface area contributed by atoms with E-state index in [9.17, 15) is 0 Å². The quantitative estimate of drug-likeness (QED) is 0.860. The lowest BCUT2D eigenvalue weighted by Crippen LogP contribution is -2.25. The van der Waals surface area contributed by atoms with Crippen molar-refractivity contribution >= 4 is 16.8 Å². The lowest BCUT2D eigenvalue weighted by molar-refractivity contribution is 0.539. The molecular weight excluding hydrogens is 214 g/mol. The van der Waals surface area contributed by atoms with Gasteiger partial charge in [-0.2, -0.15) is 0 Å². The average molecular weight is 233 g/mol. The Kier molecular flexibility index (Phi) is 3.64. The molecule has 0 spiro atoms. The van der Waals surface area contributed by atoms with Gasteiger partial charge in [0, 0.05) is 25.3 Å². The number of oxazole rings is 1. The second kappa shape index (κ2) is 5.19. The molecule has 2 N–H and O–H groups in total. The molecule has 0 aliphatic rings. The summed E-state index contributed by atoms with van der Waals surface area (Å²) in [6.07, 6.45) is 2.53. The lowest BCUT2D eigenvalue weighted by atomic mass is 10.1. The fourth-order valence-electron chi connectivity index (χ4n) is 2.03. The summed E-state index contributed by atoms with van der Waals surface area (Å²) in [5, 5.41) is 0. The Morgan fingerprint density at radius 1 is 1.47 bits per heavy atom. The minimum absolute atomic E-state index is 0.593. The maximum Gasteiger partial charge on any atom is 0.181 e. The highest BCUT2D eigenvalue weighted by atomic mass is 16.3.